The van der Waals surface area contributed by atoms with Crippen LogP contribution in [0.4, 0.5) is 0 Å². The lowest BCUT2D eigenvalue weighted by Gasteiger charge is -2.38. The molecule has 0 radical (unpaired) electrons. The molecule has 35 heavy (non-hydrogen) atoms. The molecule has 4 heteroatoms. The number of carbonyl (C=O) groups excluding carboxylic acids is 2. The molecule has 0 spiro atoms. The van der Waals surface area contributed by atoms with Crippen LogP contribution in [0.2, 0.25) is 0 Å². The fraction of sp³-hybridized carbons (Fsp3) is 0.419. The molecule has 2 heterocycles. The third kappa shape index (κ3) is 5.27. The predicted molar refractivity (Wildman–Crippen MR) is 138 cm³/mol. The van der Waals surface area contributed by atoms with Gasteiger partial charge in [0.1, 0.15) is 5.76 Å². The molecule has 1 amide bonds. The van der Waals surface area contributed by atoms with Gasteiger partial charge in [0, 0.05) is 23.6 Å². The lowest BCUT2D eigenvalue weighted by atomic mass is 9.67. The largest absolute Gasteiger partial charge is 0.465 e. The summed E-state index contributed by atoms with van der Waals surface area (Å²) in [6.45, 7) is 2.80. The summed E-state index contributed by atoms with van der Waals surface area (Å²) in [5.74, 6) is 1.94. The molecule has 0 aromatic heterocycles. The highest BCUT2D eigenvalue weighted by Gasteiger charge is 2.45. The minimum Gasteiger partial charge on any atom is -0.465 e. The minimum absolute atomic E-state index is 0.0136. The Kier molecular flexibility index (Phi) is 7.17. The molecule has 3 aliphatic rings. The van der Waals surface area contributed by atoms with Crippen LogP contribution in [0.5, 0.6) is 0 Å². The number of hydrogen-bond donors (Lipinski definition) is 0. The van der Waals surface area contributed by atoms with Crippen LogP contribution in [0.3, 0.4) is 0 Å². The summed E-state index contributed by atoms with van der Waals surface area (Å²) in [6.07, 6.45) is 13.0. The molecular formula is C31H35NO3. The molecule has 1 saturated heterocycles. The number of hydrogen-bond acceptors (Lipinski definition) is 3. The van der Waals surface area contributed by atoms with Crippen molar-refractivity contribution in [3.8, 4) is 0 Å². The van der Waals surface area contributed by atoms with Crippen molar-refractivity contribution in [3.05, 3.63) is 89.7 Å². The average Bonchev–Trinajstić information content (AvgIpc) is 3.24. The van der Waals surface area contributed by atoms with E-state index in [2.05, 4.69) is 43.3 Å². The predicted octanol–water partition coefficient (Wildman–Crippen LogP) is 6.43. The molecular weight excluding hydrogens is 434 g/mol. The van der Waals surface area contributed by atoms with Gasteiger partial charge in [-0.15, -0.1) is 0 Å². The lowest BCUT2D eigenvalue weighted by molar-refractivity contribution is -0.132. The van der Waals surface area contributed by atoms with Crippen molar-refractivity contribution >= 4 is 17.4 Å². The number of Topliss-reactive ketones (excluding diaryl/α,β-unsaturated/α-hetero) is 1. The van der Waals surface area contributed by atoms with E-state index in [1.54, 1.807) is 6.26 Å². The highest BCUT2D eigenvalue weighted by atomic mass is 16.5. The standard InChI is InChI=1S/C31H35NO3/c1-22-19-28(32(21-22)31(34)25-9-5-4-6-10-25)30(33)27-17-16-26(27)20-23-12-14-24(15-13-23)29-11-7-2-3-8-18-35-29/h4-6,8-15,18,22,26-28H,2-3,7,16-17,19-21H2,1H3. The number of nitrogens with zero attached hydrogens (tertiary/aromatic N) is 1. The van der Waals surface area contributed by atoms with Gasteiger partial charge in [-0.2, -0.15) is 0 Å². The van der Waals surface area contributed by atoms with Crippen molar-refractivity contribution in [3.63, 3.8) is 0 Å². The molecule has 182 valence electrons. The van der Waals surface area contributed by atoms with Gasteiger partial charge in [-0.3, -0.25) is 9.59 Å². The zero-order chi connectivity index (χ0) is 24.2. The molecule has 5 rings (SSSR count). The van der Waals surface area contributed by atoms with E-state index in [0.717, 1.165) is 56.3 Å². The van der Waals surface area contributed by atoms with E-state index in [0.29, 0.717) is 23.9 Å². The van der Waals surface area contributed by atoms with Crippen molar-refractivity contribution in [1.82, 2.24) is 4.90 Å². The summed E-state index contributed by atoms with van der Waals surface area (Å²) in [5.41, 5.74) is 3.02. The van der Waals surface area contributed by atoms with Crippen LogP contribution < -0.4 is 0 Å². The Morgan fingerprint density at radius 3 is 2.54 bits per heavy atom. The van der Waals surface area contributed by atoms with E-state index >= 15 is 0 Å². The minimum atomic E-state index is -0.288. The van der Waals surface area contributed by atoms with E-state index in [4.69, 9.17) is 4.74 Å². The molecule has 4 nitrogen and oxygen atoms in total. The van der Waals surface area contributed by atoms with Crippen molar-refractivity contribution in [2.24, 2.45) is 17.8 Å². The van der Waals surface area contributed by atoms with E-state index < -0.39 is 0 Å². The van der Waals surface area contributed by atoms with Gasteiger partial charge in [-0.1, -0.05) is 49.4 Å². The molecule has 2 fully saturated rings. The third-order valence-electron chi connectivity index (χ3n) is 7.84. The molecule has 4 atom stereocenters. The Balaban J connectivity index is 1.23. The molecule has 0 bridgehead atoms. The Morgan fingerprint density at radius 2 is 1.80 bits per heavy atom. The van der Waals surface area contributed by atoms with Gasteiger partial charge >= 0.3 is 0 Å². The first-order valence-electron chi connectivity index (χ1n) is 13.1. The molecule has 1 aliphatic carbocycles. The number of allylic oxidation sites excluding steroid dienone is 2. The van der Waals surface area contributed by atoms with Crippen LogP contribution in [0.15, 0.2) is 73.0 Å². The highest BCUT2D eigenvalue weighted by molar-refractivity contribution is 5.99. The van der Waals surface area contributed by atoms with E-state index in [9.17, 15) is 9.59 Å². The van der Waals surface area contributed by atoms with Crippen LogP contribution in [0, 0.1) is 17.8 Å². The van der Waals surface area contributed by atoms with Gasteiger partial charge in [0.25, 0.3) is 5.91 Å². The van der Waals surface area contributed by atoms with Gasteiger partial charge < -0.3 is 9.64 Å². The van der Waals surface area contributed by atoms with Crippen molar-refractivity contribution < 1.29 is 14.3 Å². The van der Waals surface area contributed by atoms with Crippen LogP contribution in [0.1, 0.15) is 66.9 Å². The van der Waals surface area contributed by atoms with Crippen LogP contribution in [-0.4, -0.2) is 29.2 Å². The first-order valence-corrected chi connectivity index (χ1v) is 13.1. The number of ketones is 1. The third-order valence-corrected chi connectivity index (χ3v) is 7.84. The summed E-state index contributed by atoms with van der Waals surface area (Å²) in [5, 5.41) is 0. The Morgan fingerprint density at radius 1 is 1.00 bits per heavy atom. The van der Waals surface area contributed by atoms with Crippen LogP contribution in [-0.2, 0) is 16.0 Å². The second-order valence-corrected chi connectivity index (χ2v) is 10.4. The lowest BCUT2D eigenvalue weighted by Crippen LogP contribution is -2.47. The molecule has 0 N–H and O–H groups in total. The molecule has 2 aromatic carbocycles. The first kappa shape index (κ1) is 23.6. The number of carbonyl (C=O) groups is 2. The smallest absolute Gasteiger partial charge is 0.254 e. The maximum atomic E-state index is 13.6. The fourth-order valence-electron chi connectivity index (χ4n) is 5.72. The maximum Gasteiger partial charge on any atom is 0.254 e. The summed E-state index contributed by atoms with van der Waals surface area (Å²) in [4.78, 5) is 28.6. The van der Waals surface area contributed by atoms with Crippen LogP contribution >= 0.6 is 0 Å². The van der Waals surface area contributed by atoms with E-state index in [1.165, 1.54) is 5.56 Å². The topological polar surface area (TPSA) is 46.6 Å². The quantitative estimate of drug-likeness (QED) is 0.490. The Bertz CT molecular complexity index is 1100. The van der Waals surface area contributed by atoms with Gasteiger partial charge in [0.15, 0.2) is 5.78 Å². The van der Waals surface area contributed by atoms with Gasteiger partial charge in [0.2, 0.25) is 0 Å². The van der Waals surface area contributed by atoms with Gasteiger partial charge in [-0.25, -0.2) is 0 Å². The van der Waals surface area contributed by atoms with Crippen molar-refractivity contribution in [2.75, 3.05) is 6.54 Å². The molecule has 2 aromatic rings. The van der Waals surface area contributed by atoms with Crippen molar-refractivity contribution in [2.45, 2.75) is 57.9 Å². The first-order chi connectivity index (χ1) is 17.1. The van der Waals surface area contributed by atoms with Gasteiger partial charge in [0.05, 0.1) is 12.3 Å². The number of rotatable bonds is 6. The van der Waals surface area contributed by atoms with E-state index in [-0.39, 0.29) is 23.7 Å². The number of benzene rings is 2. The normalized spacial score (nSPS) is 26.2. The zero-order valence-electron chi connectivity index (χ0n) is 20.6. The molecule has 1 saturated carbocycles. The SMILES string of the molecule is CC1CC(C(=O)C2CCC2Cc2ccc(C3=CCCCC=CO3)cc2)N(C(=O)c2ccccc2)C1. The summed E-state index contributed by atoms with van der Waals surface area (Å²) >= 11 is 0. The van der Waals surface area contributed by atoms with Crippen molar-refractivity contribution in [1.29, 1.82) is 0 Å². The number of ether oxygens (including phenoxy) is 1. The Labute approximate surface area is 208 Å². The monoisotopic (exact) mass is 469 g/mol. The number of likely N-dealkylation sites (tertiary alicyclic amines) is 1. The average molecular weight is 470 g/mol. The summed E-state index contributed by atoms with van der Waals surface area (Å²) in [6, 6.07) is 17.7. The van der Waals surface area contributed by atoms with Crippen LogP contribution in [0.25, 0.3) is 5.76 Å². The molecule has 4 unspecified atom stereocenters. The second kappa shape index (κ2) is 10.6. The zero-order valence-corrected chi connectivity index (χ0v) is 20.6. The summed E-state index contributed by atoms with van der Waals surface area (Å²) < 4.78 is 5.80. The Hall–Kier alpha value is -3.14. The second-order valence-electron chi connectivity index (χ2n) is 10.4. The number of amides is 1. The molecule has 2 aliphatic heterocycles. The fourth-order valence-corrected chi connectivity index (χ4v) is 5.72. The summed E-state index contributed by atoms with van der Waals surface area (Å²) in [7, 11) is 0. The highest BCUT2D eigenvalue weighted by Crippen LogP contribution is 2.41. The maximum absolute atomic E-state index is 13.6. The van der Waals surface area contributed by atoms with E-state index in [1.807, 2.05) is 35.2 Å². The van der Waals surface area contributed by atoms with Gasteiger partial charge in [-0.05, 0) is 86.6 Å².